The van der Waals surface area contributed by atoms with E-state index in [0.717, 1.165) is 12.8 Å². The van der Waals surface area contributed by atoms with Crippen molar-refractivity contribution >= 4 is 12.0 Å². The van der Waals surface area contributed by atoms with Crippen molar-refractivity contribution in [1.29, 1.82) is 0 Å². The highest BCUT2D eigenvalue weighted by Gasteiger charge is 2.30. The molecule has 0 aromatic rings. The van der Waals surface area contributed by atoms with E-state index < -0.39 is 5.97 Å². The molecule has 0 bridgehead atoms. The monoisotopic (exact) mass is 258 g/mol. The zero-order chi connectivity index (χ0) is 13.8. The highest BCUT2D eigenvalue weighted by atomic mass is 16.5. The summed E-state index contributed by atoms with van der Waals surface area (Å²) in [6.07, 6.45) is 1.52. The Morgan fingerprint density at radius 2 is 2.17 bits per heavy atom. The lowest BCUT2D eigenvalue weighted by Gasteiger charge is -2.36. The number of amides is 2. The van der Waals surface area contributed by atoms with Crippen LogP contribution in [-0.2, 0) is 9.53 Å². The SMILES string of the molecule is CN(CCC(=O)O)C(=O)NC1CCOC(C)(C)C1. The topological polar surface area (TPSA) is 78.9 Å². The van der Waals surface area contributed by atoms with E-state index in [2.05, 4.69) is 5.32 Å². The Bertz CT molecular complexity index is 317. The molecule has 1 saturated heterocycles. The number of carboxylic acid groups (broad SMARTS) is 1. The maximum Gasteiger partial charge on any atom is 0.317 e. The lowest BCUT2D eigenvalue weighted by atomic mass is 9.94. The van der Waals surface area contributed by atoms with Gasteiger partial charge in [0.1, 0.15) is 0 Å². The van der Waals surface area contributed by atoms with Crippen LogP contribution in [0.1, 0.15) is 33.1 Å². The third-order valence-electron chi connectivity index (χ3n) is 3.03. The normalized spacial score (nSPS) is 22.3. The van der Waals surface area contributed by atoms with E-state index in [0.29, 0.717) is 6.61 Å². The minimum absolute atomic E-state index is 0.0385. The molecule has 0 saturated carbocycles. The fourth-order valence-electron chi connectivity index (χ4n) is 2.00. The van der Waals surface area contributed by atoms with Crippen LogP contribution >= 0.6 is 0 Å². The molecule has 104 valence electrons. The summed E-state index contributed by atoms with van der Waals surface area (Å²) in [7, 11) is 1.60. The molecule has 1 unspecified atom stereocenters. The third-order valence-corrected chi connectivity index (χ3v) is 3.03. The van der Waals surface area contributed by atoms with Gasteiger partial charge in [0.2, 0.25) is 0 Å². The van der Waals surface area contributed by atoms with Crippen LogP contribution < -0.4 is 5.32 Å². The van der Waals surface area contributed by atoms with Crippen LogP contribution in [0.3, 0.4) is 0 Å². The Morgan fingerprint density at radius 1 is 1.50 bits per heavy atom. The molecular formula is C12H22N2O4. The quantitative estimate of drug-likeness (QED) is 0.790. The molecule has 6 heteroatoms. The lowest BCUT2D eigenvalue weighted by molar-refractivity contribution is -0.137. The molecule has 2 N–H and O–H groups in total. The average molecular weight is 258 g/mol. The van der Waals surface area contributed by atoms with Gasteiger partial charge in [0.15, 0.2) is 0 Å². The fraction of sp³-hybridized carbons (Fsp3) is 0.833. The standard InChI is InChI=1S/C12H22N2O4/c1-12(2)8-9(5-7-18-12)13-11(17)14(3)6-4-10(15)16/h9H,4-8H2,1-3H3,(H,13,17)(H,15,16). The second kappa shape index (κ2) is 6.04. The van der Waals surface area contributed by atoms with Crippen molar-refractivity contribution in [3.8, 4) is 0 Å². The number of rotatable bonds is 4. The van der Waals surface area contributed by atoms with Gasteiger partial charge in [0.25, 0.3) is 0 Å². The van der Waals surface area contributed by atoms with E-state index in [1.165, 1.54) is 4.90 Å². The van der Waals surface area contributed by atoms with Gasteiger partial charge in [-0.05, 0) is 26.7 Å². The van der Waals surface area contributed by atoms with Crippen molar-refractivity contribution in [2.24, 2.45) is 0 Å². The van der Waals surface area contributed by atoms with Gasteiger partial charge in [-0.3, -0.25) is 4.79 Å². The number of hydrogen-bond donors (Lipinski definition) is 2. The molecule has 1 heterocycles. The summed E-state index contributed by atoms with van der Waals surface area (Å²) in [6, 6.07) is -0.132. The molecule has 1 fully saturated rings. The van der Waals surface area contributed by atoms with E-state index >= 15 is 0 Å². The van der Waals surface area contributed by atoms with Crippen molar-refractivity contribution in [2.45, 2.75) is 44.8 Å². The highest BCUT2D eigenvalue weighted by Crippen LogP contribution is 2.23. The molecule has 0 aliphatic carbocycles. The second-order valence-electron chi connectivity index (χ2n) is 5.31. The van der Waals surface area contributed by atoms with E-state index in [4.69, 9.17) is 9.84 Å². The molecule has 1 atom stereocenters. The van der Waals surface area contributed by atoms with Gasteiger partial charge in [-0.15, -0.1) is 0 Å². The molecule has 2 amide bonds. The molecule has 6 nitrogen and oxygen atoms in total. The van der Waals surface area contributed by atoms with Gasteiger partial charge in [0, 0.05) is 26.2 Å². The summed E-state index contributed by atoms with van der Waals surface area (Å²) in [5.41, 5.74) is -0.212. The molecule has 1 aliphatic heterocycles. The molecule has 18 heavy (non-hydrogen) atoms. The van der Waals surface area contributed by atoms with Gasteiger partial charge >= 0.3 is 12.0 Å². The van der Waals surface area contributed by atoms with Crippen LogP contribution in [0, 0.1) is 0 Å². The molecule has 0 aromatic heterocycles. The fourth-order valence-corrected chi connectivity index (χ4v) is 2.00. The Balaban J connectivity index is 2.37. The predicted molar refractivity (Wildman–Crippen MR) is 66.5 cm³/mol. The smallest absolute Gasteiger partial charge is 0.317 e. The molecule has 0 radical (unpaired) electrons. The summed E-state index contributed by atoms with van der Waals surface area (Å²) in [6.45, 7) is 4.85. The first-order valence-corrected chi connectivity index (χ1v) is 6.17. The van der Waals surface area contributed by atoms with E-state index in [-0.39, 0.29) is 30.6 Å². The highest BCUT2D eigenvalue weighted by molar-refractivity contribution is 5.75. The van der Waals surface area contributed by atoms with Gasteiger partial charge in [-0.1, -0.05) is 0 Å². The van der Waals surface area contributed by atoms with E-state index in [9.17, 15) is 9.59 Å². The number of carbonyl (C=O) groups is 2. The van der Waals surface area contributed by atoms with Gasteiger partial charge in [-0.25, -0.2) is 4.79 Å². The summed E-state index contributed by atoms with van der Waals surface area (Å²) in [5.74, 6) is -0.901. The first-order valence-electron chi connectivity index (χ1n) is 6.17. The number of nitrogens with zero attached hydrogens (tertiary/aromatic N) is 1. The van der Waals surface area contributed by atoms with Gasteiger partial charge in [-0.2, -0.15) is 0 Å². The summed E-state index contributed by atoms with van der Waals surface area (Å²) in [5, 5.41) is 11.5. The Labute approximate surface area is 107 Å². The van der Waals surface area contributed by atoms with Crippen molar-refractivity contribution in [1.82, 2.24) is 10.2 Å². The van der Waals surface area contributed by atoms with Crippen molar-refractivity contribution in [3.05, 3.63) is 0 Å². The second-order valence-corrected chi connectivity index (χ2v) is 5.31. The zero-order valence-corrected chi connectivity index (χ0v) is 11.2. The molecular weight excluding hydrogens is 236 g/mol. The average Bonchev–Trinajstić information content (AvgIpc) is 2.24. The first kappa shape index (κ1) is 14.8. The summed E-state index contributed by atoms with van der Waals surface area (Å²) in [4.78, 5) is 23.6. The van der Waals surface area contributed by atoms with Crippen LogP contribution in [0.25, 0.3) is 0 Å². The van der Waals surface area contributed by atoms with E-state index in [1.54, 1.807) is 7.05 Å². The maximum absolute atomic E-state index is 11.8. The largest absolute Gasteiger partial charge is 0.481 e. The van der Waals surface area contributed by atoms with Crippen LogP contribution in [0.2, 0.25) is 0 Å². The van der Waals surface area contributed by atoms with Crippen molar-refractivity contribution < 1.29 is 19.4 Å². The predicted octanol–water partition coefficient (Wildman–Crippen LogP) is 1.06. The van der Waals surface area contributed by atoms with Crippen molar-refractivity contribution in [3.63, 3.8) is 0 Å². The van der Waals surface area contributed by atoms with Crippen LogP contribution in [0.4, 0.5) is 4.79 Å². The Morgan fingerprint density at radius 3 is 2.72 bits per heavy atom. The van der Waals surface area contributed by atoms with E-state index in [1.807, 2.05) is 13.8 Å². The van der Waals surface area contributed by atoms with Crippen LogP contribution in [0.5, 0.6) is 0 Å². The number of ether oxygens (including phenoxy) is 1. The first-order chi connectivity index (χ1) is 8.30. The third kappa shape index (κ3) is 4.91. The van der Waals surface area contributed by atoms with Gasteiger partial charge in [0.05, 0.1) is 12.0 Å². The summed E-state index contributed by atoms with van der Waals surface area (Å²) < 4.78 is 5.57. The minimum atomic E-state index is -0.901. The van der Waals surface area contributed by atoms with Gasteiger partial charge < -0.3 is 20.1 Å². The number of hydrogen-bond acceptors (Lipinski definition) is 3. The molecule has 0 aromatic carbocycles. The summed E-state index contributed by atoms with van der Waals surface area (Å²) >= 11 is 0. The van der Waals surface area contributed by atoms with Crippen LogP contribution in [0.15, 0.2) is 0 Å². The lowest BCUT2D eigenvalue weighted by Crippen LogP contribution is -2.49. The molecule has 0 spiro atoms. The molecule has 1 aliphatic rings. The zero-order valence-electron chi connectivity index (χ0n) is 11.2. The van der Waals surface area contributed by atoms with Crippen molar-refractivity contribution in [2.75, 3.05) is 20.2 Å². The number of carbonyl (C=O) groups excluding carboxylic acids is 1. The minimum Gasteiger partial charge on any atom is -0.481 e. The molecule has 1 rings (SSSR count). The Kier molecular flexibility index (Phi) is 4.95. The number of nitrogens with one attached hydrogen (secondary N) is 1. The maximum atomic E-state index is 11.8. The number of aliphatic carboxylic acids is 1. The number of urea groups is 1. The van der Waals surface area contributed by atoms with Crippen LogP contribution in [-0.4, -0.2) is 53.8 Å². The Hall–Kier alpha value is -1.30. The number of carboxylic acids is 1.